The van der Waals surface area contributed by atoms with Gasteiger partial charge in [0, 0.05) is 24.6 Å². The zero-order valence-corrected chi connectivity index (χ0v) is 20.2. The van der Waals surface area contributed by atoms with Crippen molar-refractivity contribution in [3.05, 3.63) is 64.5 Å². The molecule has 1 N–H and O–H groups in total. The van der Waals surface area contributed by atoms with E-state index in [0.29, 0.717) is 35.8 Å². The van der Waals surface area contributed by atoms with Crippen LogP contribution in [0.1, 0.15) is 51.6 Å². The third-order valence-corrected chi connectivity index (χ3v) is 6.48. The van der Waals surface area contributed by atoms with Crippen molar-refractivity contribution in [1.29, 1.82) is 0 Å². The number of carbonyl (C=O) groups is 2. The van der Waals surface area contributed by atoms with Gasteiger partial charge in [-0.1, -0.05) is 6.07 Å². The highest BCUT2D eigenvalue weighted by Gasteiger charge is 2.31. The molecule has 2 aromatic heterocycles. The number of amides is 1. The predicted octanol–water partition coefficient (Wildman–Crippen LogP) is 4.37. The van der Waals surface area contributed by atoms with E-state index in [4.69, 9.17) is 4.74 Å². The van der Waals surface area contributed by atoms with Gasteiger partial charge in [0.25, 0.3) is 5.91 Å². The summed E-state index contributed by atoms with van der Waals surface area (Å²) < 4.78 is 25.0. The number of aromatic nitrogens is 2. The fraction of sp³-hybridized carbons (Fsp3) is 0.360. The number of likely N-dealkylation sites (N-methyl/N-ethyl adjacent to an activating group) is 1. The molecule has 1 amide bonds. The van der Waals surface area contributed by atoms with Gasteiger partial charge in [-0.25, -0.2) is 9.37 Å². The summed E-state index contributed by atoms with van der Waals surface area (Å²) in [4.78, 5) is 31.4. The Hall–Kier alpha value is -3.17. The second-order valence-corrected chi connectivity index (χ2v) is 9.48. The van der Waals surface area contributed by atoms with Crippen LogP contribution < -0.4 is 10.1 Å². The number of ether oxygens (including phenoxy) is 1. The van der Waals surface area contributed by atoms with E-state index in [9.17, 15) is 14.0 Å². The first-order valence-electron chi connectivity index (χ1n) is 11.2. The lowest BCUT2D eigenvalue weighted by atomic mass is 10.1. The number of rotatable bonds is 10. The average molecular weight is 483 g/mol. The zero-order chi connectivity index (χ0) is 24.2. The van der Waals surface area contributed by atoms with Crippen LogP contribution in [0, 0.1) is 11.7 Å². The average Bonchev–Trinajstić information content (AvgIpc) is 3.54. The maximum Gasteiger partial charge on any atom is 0.254 e. The maximum absolute atomic E-state index is 14.6. The highest BCUT2D eigenvalue weighted by atomic mass is 32.1. The number of pyridine rings is 1. The molecular weight excluding hydrogens is 455 g/mol. The number of ketones is 1. The van der Waals surface area contributed by atoms with Gasteiger partial charge in [0.2, 0.25) is 0 Å². The minimum Gasteiger partial charge on any atom is -0.484 e. The third-order valence-electron chi connectivity index (χ3n) is 5.53. The lowest BCUT2D eigenvalue weighted by Crippen LogP contribution is -2.31. The lowest BCUT2D eigenvalue weighted by molar-refractivity contribution is 0.0943. The predicted molar refractivity (Wildman–Crippen MR) is 129 cm³/mol. The smallest absolute Gasteiger partial charge is 0.254 e. The molecule has 0 radical (unpaired) electrons. The second-order valence-electron chi connectivity index (χ2n) is 8.65. The van der Waals surface area contributed by atoms with E-state index in [0.717, 1.165) is 17.7 Å². The number of Topliss-reactive ketones (excluding diaryl/α,β-unsaturated/α-hetero) is 1. The summed E-state index contributed by atoms with van der Waals surface area (Å²) in [6.07, 6.45) is 3.15. The summed E-state index contributed by atoms with van der Waals surface area (Å²) in [7, 11) is 3.81. The van der Waals surface area contributed by atoms with Gasteiger partial charge in [-0.05, 0) is 75.7 Å². The Morgan fingerprint density at radius 2 is 2.03 bits per heavy atom. The minimum atomic E-state index is -0.592. The molecule has 0 unspecified atom stereocenters. The summed E-state index contributed by atoms with van der Waals surface area (Å²) in [6.45, 7) is 3.00. The fourth-order valence-corrected chi connectivity index (χ4v) is 4.10. The summed E-state index contributed by atoms with van der Waals surface area (Å²) >= 11 is 1.27. The van der Waals surface area contributed by atoms with E-state index < -0.39 is 11.7 Å². The molecular formula is C25H27FN4O3S. The largest absolute Gasteiger partial charge is 0.484 e. The molecule has 3 aromatic rings. The Morgan fingerprint density at radius 3 is 2.68 bits per heavy atom. The molecule has 1 fully saturated rings. The van der Waals surface area contributed by atoms with E-state index in [2.05, 4.69) is 14.7 Å². The standard InChI is InChI=1S/C25H27FN4O3S/c1-15(33-18-7-9-21(28-14-18)24(31)16-4-5-16)23-13-22(29-34-23)17-6-8-19(20(26)12-17)25(32)27-10-11-30(2)3/h6-9,12-16H,4-5,10-11H2,1-3H3,(H,27,32)/t15-/m1/s1. The summed E-state index contributed by atoms with van der Waals surface area (Å²) in [5.41, 5.74) is 1.67. The van der Waals surface area contributed by atoms with Crippen LogP contribution in [0.15, 0.2) is 42.6 Å². The SMILES string of the molecule is C[C@@H](Oc1ccc(C(=O)C2CC2)nc1)c1cc(-c2ccc(C(=O)NCCN(C)C)c(F)c2)ns1. The van der Waals surface area contributed by atoms with Crippen molar-refractivity contribution in [1.82, 2.24) is 19.6 Å². The van der Waals surface area contributed by atoms with E-state index in [-0.39, 0.29) is 23.4 Å². The number of nitrogens with one attached hydrogen (secondary N) is 1. The Bertz CT molecular complexity index is 1180. The van der Waals surface area contributed by atoms with Crippen molar-refractivity contribution in [2.45, 2.75) is 25.9 Å². The van der Waals surface area contributed by atoms with E-state index in [1.54, 1.807) is 24.4 Å². The van der Waals surface area contributed by atoms with Crippen LogP contribution in [0.25, 0.3) is 11.3 Å². The molecule has 0 bridgehead atoms. The lowest BCUT2D eigenvalue weighted by Gasteiger charge is -2.12. The van der Waals surface area contributed by atoms with Gasteiger partial charge in [-0.3, -0.25) is 9.59 Å². The number of carbonyl (C=O) groups excluding carboxylic acids is 2. The highest BCUT2D eigenvalue weighted by molar-refractivity contribution is 7.06. The van der Waals surface area contributed by atoms with Gasteiger partial charge in [0.05, 0.1) is 22.3 Å². The quantitative estimate of drug-likeness (QED) is 0.432. The first kappa shape index (κ1) is 24.0. The second kappa shape index (κ2) is 10.4. The molecule has 0 aliphatic heterocycles. The molecule has 178 valence electrons. The number of benzene rings is 1. The first-order chi connectivity index (χ1) is 16.3. The van der Waals surface area contributed by atoms with Crippen LogP contribution >= 0.6 is 11.5 Å². The zero-order valence-electron chi connectivity index (χ0n) is 19.4. The van der Waals surface area contributed by atoms with Crippen molar-refractivity contribution in [3.63, 3.8) is 0 Å². The van der Waals surface area contributed by atoms with Crippen molar-refractivity contribution in [2.24, 2.45) is 5.92 Å². The topological polar surface area (TPSA) is 84.4 Å². The molecule has 1 saturated carbocycles. The van der Waals surface area contributed by atoms with Crippen LogP contribution in [0.4, 0.5) is 4.39 Å². The van der Waals surface area contributed by atoms with Gasteiger partial charge in [-0.2, -0.15) is 4.37 Å². The molecule has 2 heterocycles. The number of hydrogen-bond donors (Lipinski definition) is 1. The fourth-order valence-electron chi connectivity index (χ4n) is 3.38. The molecule has 7 nitrogen and oxygen atoms in total. The number of hydrogen-bond acceptors (Lipinski definition) is 7. The Morgan fingerprint density at radius 1 is 1.24 bits per heavy atom. The number of halogens is 1. The van der Waals surface area contributed by atoms with Crippen LogP contribution in [0.3, 0.4) is 0 Å². The molecule has 0 spiro atoms. The summed E-state index contributed by atoms with van der Waals surface area (Å²) in [6, 6.07) is 9.78. The van der Waals surface area contributed by atoms with E-state index in [1.807, 2.05) is 32.0 Å². The monoisotopic (exact) mass is 482 g/mol. The van der Waals surface area contributed by atoms with Crippen LogP contribution in [-0.2, 0) is 0 Å². The molecule has 1 atom stereocenters. The Balaban J connectivity index is 1.38. The molecule has 1 aromatic carbocycles. The molecule has 34 heavy (non-hydrogen) atoms. The molecule has 0 saturated heterocycles. The maximum atomic E-state index is 14.6. The van der Waals surface area contributed by atoms with Crippen LogP contribution in [0.5, 0.6) is 5.75 Å². The summed E-state index contributed by atoms with van der Waals surface area (Å²) in [5.74, 6) is -0.248. The van der Waals surface area contributed by atoms with Gasteiger partial charge in [0.1, 0.15) is 23.4 Å². The third kappa shape index (κ3) is 5.84. The van der Waals surface area contributed by atoms with Crippen molar-refractivity contribution in [3.8, 4) is 17.0 Å². The van der Waals surface area contributed by atoms with E-state index >= 15 is 0 Å². The number of nitrogens with zero attached hydrogens (tertiary/aromatic N) is 3. The van der Waals surface area contributed by atoms with Crippen molar-refractivity contribution < 1.29 is 18.7 Å². The van der Waals surface area contributed by atoms with Crippen molar-refractivity contribution in [2.75, 3.05) is 27.2 Å². The summed E-state index contributed by atoms with van der Waals surface area (Å²) in [5, 5.41) is 2.72. The normalized spacial score (nSPS) is 14.1. The first-order valence-corrected chi connectivity index (χ1v) is 12.0. The van der Waals surface area contributed by atoms with Crippen LogP contribution in [-0.4, -0.2) is 53.1 Å². The molecule has 4 rings (SSSR count). The van der Waals surface area contributed by atoms with Gasteiger partial charge >= 0.3 is 0 Å². The minimum absolute atomic E-state index is 0.00535. The molecule has 9 heteroatoms. The van der Waals surface area contributed by atoms with Crippen molar-refractivity contribution >= 4 is 23.2 Å². The molecule has 1 aliphatic carbocycles. The molecule has 1 aliphatic rings. The Labute approximate surface area is 202 Å². The highest BCUT2D eigenvalue weighted by Crippen LogP contribution is 2.33. The van der Waals surface area contributed by atoms with Gasteiger partial charge in [-0.15, -0.1) is 0 Å². The van der Waals surface area contributed by atoms with Gasteiger partial charge in [0.15, 0.2) is 5.78 Å². The van der Waals surface area contributed by atoms with Crippen LogP contribution in [0.2, 0.25) is 0 Å². The van der Waals surface area contributed by atoms with Gasteiger partial charge < -0.3 is 15.0 Å². The Kier molecular flexibility index (Phi) is 7.33. The van der Waals surface area contributed by atoms with E-state index in [1.165, 1.54) is 23.7 Å².